The van der Waals surface area contributed by atoms with E-state index in [0.717, 1.165) is 41.5 Å². The molecule has 4 aromatic rings. The van der Waals surface area contributed by atoms with Crippen molar-refractivity contribution in [2.45, 2.75) is 37.1 Å². The van der Waals surface area contributed by atoms with Crippen LogP contribution in [0.2, 0.25) is 0 Å². The number of nitrogen functional groups attached to an aromatic ring is 1. The average Bonchev–Trinajstić information content (AvgIpc) is 3.38. The fraction of sp³-hybridized carbons (Fsp3) is 0.250. The number of nitrogens with two attached hydrogens (primary N) is 1. The number of hydrogen-bond donors (Lipinski definition) is 1. The Balaban J connectivity index is 1.48. The van der Waals surface area contributed by atoms with Crippen LogP contribution in [0.1, 0.15) is 28.9 Å². The Morgan fingerprint density at radius 1 is 1.21 bits per heavy atom. The Morgan fingerprint density at radius 3 is 2.82 bits per heavy atom. The number of furan rings is 1. The van der Waals surface area contributed by atoms with Gasteiger partial charge in [0.25, 0.3) is 0 Å². The first kappa shape index (κ1) is 17.1. The van der Waals surface area contributed by atoms with E-state index >= 15 is 0 Å². The Kier molecular flexibility index (Phi) is 4.01. The van der Waals surface area contributed by atoms with Gasteiger partial charge in [-0.2, -0.15) is 0 Å². The van der Waals surface area contributed by atoms with Crippen molar-refractivity contribution in [3.63, 3.8) is 0 Å². The molecule has 0 fully saturated rings. The van der Waals surface area contributed by atoms with Gasteiger partial charge in [-0.1, -0.05) is 11.8 Å². The van der Waals surface area contributed by atoms with Gasteiger partial charge in [0, 0.05) is 17.2 Å². The van der Waals surface area contributed by atoms with Crippen molar-refractivity contribution in [1.82, 2.24) is 14.9 Å². The lowest BCUT2D eigenvalue weighted by Gasteiger charge is -2.08. The molecular weight excluding hydrogens is 376 g/mol. The Hall–Kier alpha value is -3.00. The predicted molar refractivity (Wildman–Crippen MR) is 107 cm³/mol. The van der Waals surface area contributed by atoms with E-state index < -0.39 is 0 Å². The summed E-state index contributed by atoms with van der Waals surface area (Å²) < 4.78 is 12.2. The number of thioether (sulfide) groups is 1. The minimum absolute atomic E-state index is 0.343. The molecule has 0 unspecified atom stereocenters. The molecule has 8 heteroatoms. The maximum atomic E-state index is 12.0. The Bertz CT molecular complexity index is 1250. The van der Waals surface area contributed by atoms with Gasteiger partial charge in [0.15, 0.2) is 5.82 Å². The summed E-state index contributed by atoms with van der Waals surface area (Å²) in [6.07, 6.45) is 4.86. The number of aromatic nitrogens is 3. The van der Waals surface area contributed by atoms with Crippen LogP contribution in [0, 0.1) is 6.92 Å². The maximum Gasteiger partial charge on any atom is 0.336 e. The van der Waals surface area contributed by atoms with E-state index in [4.69, 9.17) is 14.7 Å². The van der Waals surface area contributed by atoms with Crippen molar-refractivity contribution in [2.24, 2.45) is 0 Å². The number of rotatable bonds is 4. The molecule has 1 aromatic carbocycles. The quantitative estimate of drug-likeness (QED) is 0.321. The summed E-state index contributed by atoms with van der Waals surface area (Å²) in [6.45, 7) is 1.85. The van der Waals surface area contributed by atoms with E-state index in [0.29, 0.717) is 22.3 Å². The highest BCUT2D eigenvalue weighted by Gasteiger charge is 2.18. The molecule has 1 aliphatic rings. The van der Waals surface area contributed by atoms with E-state index in [1.165, 1.54) is 27.6 Å². The van der Waals surface area contributed by atoms with Gasteiger partial charge in [-0.15, -0.1) is 10.2 Å². The van der Waals surface area contributed by atoms with Crippen LogP contribution in [0.4, 0.5) is 0 Å². The van der Waals surface area contributed by atoms with Crippen molar-refractivity contribution >= 4 is 22.7 Å². The smallest absolute Gasteiger partial charge is 0.336 e. The van der Waals surface area contributed by atoms with Crippen molar-refractivity contribution in [3.05, 3.63) is 63.4 Å². The first-order chi connectivity index (χ1) is 13.6. The van der Waals surface area contributed by atoms with Gasteiger partial charge in [-0.05, 0) is 61.1 Å². The molecule has 5 rings (SSSR count). The molecule has 0 aliphatic heterocycles. The van der Waals surface area contributed by atoms with Gasteiger partial charge in [-0.3, -0.25) is 0 Å². The molecule has 0 amide bonds. The van der Waals surface area contributed by atoms with Gasteiger partial charge in [0.2, 0.25) is 5.16 Å². The van der Waals surface area contributed by atoms with Gasteiger partial charge in [-0.25, -0.2) is 9.47 Å². The number of fused-ring (bicyclic) bond motifs is 2. The van der Waals surface area contributed by atoms with Crippen LogP contribution in [-0.4, -0.2) is 14.9 Å². The molecule has 0 saturated carbocycles. The second kappa shape index (κ2) is 6.56. The maximum absolute atomic E-state index is 12.0. The third-order valence-corrected chi connectivity index (χ3v) is 6.16. The zero-order chi connectivity index (χ0) is 19.3. The Morgan fingerprint density at radius 2 is 2.04 bits per heavy atom. The van der Waals surface area contributed by atoms with E-state index in [2.05, 4.69) is 16.3 Å². The molecular formula is C20H18N4O3S. The SMILES string of the molecule is Cc1occc1-c1nnc(SCc2cc(=O)oc3cc4c(cc23)CCC4)n1N. The Labute approximate surface area is 164 Å². The number of benzene rings is 1. The molecule has 7 nitrogen and oxygen atoms in total. The summed E-state index contributed by atoms with van der Waals surface area (Å²) >= 11 is 1.43. The molecule has 3 aromatic heterocycles. The summed E-state index contributed by atoms with van der Waals surface area (Å²) in [4.78, 5) is 12.0. The number of hydrogen-bond acceptors (Lipinski definition) is 7. The first-order valence-corrected chi connectivity index (χ1v) is 10.0. The van der Waals surface area contributed by atoms with Crippen molar-refractivity contribution < 1.29 is 8.83 Å². The molecule has 0 bridgehead atoms. The van der Waals surface area contributed by atoms with Crippen LogP contribution in [0.5, 0.6) is 0 Å². The van der Waals surface area contributed by atoms with Crippen molar-refractivity contribution in [3.8, 4) is 11.4 Å². The highest BCUT2D eigenvalue weighted by Crippen LogP contribution is 2.32. The molecule has 0 radical (unpaired) electrons. The molecule has 28 heavy (non-hydrogen) atoms. The highest BCUT2D eigenvalue weighted by molar-refractivity contribution is 7.98. The topological polar surface area (TPSA) is 100 Å². The molecule has 3 heterocycles. The van der Waals surface area contributed by atoms with Crippen LogP contribution in [-0.2, 0) is 18.6 Å². The third kappa shape index (κ3) is 2.80. The summed E-state index contributed by atoms with van der Waals surface area (Å²) in [7, 11) is 0. The largest absolute Gasteiger partial charge is 0.469 e. The van der Waals surface area contributed by atoms with Crippen LogP contribution in [0.3, 0.4) is 0 Å². The standard InChI is InChI=1S/C20H18N4O3S/c1-11-15(5-6-26-11)19-22-23-20(24(19)21)28-10-14-9-18(25)27-17-8-13-4-2-3-12(13)7-16(14)17/h5-9H,2-4,10,21H2,1H3. The molecule has 0 saturated heterocycles. The molecule has 0 atom stereocenters. The monoisotopic (exact) mass is 394 g/mol. The van der Waals surface area contributed by atoms with Gasteiger partial charge in [0.05, 0.1) is 11.8 Å². The van der Waals surface area contributed by atoms with Gasteiger partial charge < -0.3 is 14.7 Å². The van der Waals surface area contributed by atoms with Crippen LogP contribution >= 0.6 is 11.8 Å². The summed E-state index contributed by atoms with van der Waals surface area (Å²) in [5.41, 5.74) is 4.64. The van der Waals surface area contributed by atoms with Crippen molar-refractivity contribution in [1.29, 1.82) is 0 Å². The van der Waals surface area contributed by atoms with Crippen molar-refractivity contribution in [2.75, 3.05) is 5.84 Å². The summed E-state index contributed by atoms with van der Waals surface area (Å²) in [6, 6.07) is 7.53. The van der Waals surface area contributed by atoms with E-state index in [1.807, 2.05) is 19.1 Å². The zero-order valence-corrected chi connectivity index (χ0v) is 16.1. The molecule has 2 N–H and O–H groups in total. The lowest BCUT2D eigenvalue weighted by molar-refractivity contribution is 0.535. The molecule has 1 aliphatic carbocycles. The van der Waals surface area contributed by atoms with Gasteiger partial charge in [0.1, 0.15) is 11.3 Å². The van der Waals surface area contributed by atoms with E-state index in [9.17, 15) is 4.79 Å². The van der Waals surface area contributed by atoms with Crippen LogP contribution in [0.15, 0.2) is 49.3 Å². The lowest BCUT2D eigenvalue weighted by atomic mass is 10.0. The fourth-order valence-electron chi connectivity index (χ4n) is 3.73. The number of nitrogens with zero attached hydrogens (tertiary/aromatic N) is 3. The zero-order valence-electron chi connectivity index (χ0n) is 15.3. The first-order valence-electron chi connectivity index (χ1n) is 9.06. The minimum atomic E-state index is -0.343. The molecule has 142 valence electrons. The molecule has 0 spiro atoms. The highest BCUT2D eigenvalue weighted by atomic mass is 32.2. The van der Waals surface area contributed by atoms with Gasteiger partial charge >= 0.3 is 5.63 Å². The second-order valence-corrected chi connectivity index (χ2v) is 7.86. The van der Waals surface area contributed by atoms with E-state index in [1.54, 1.807) is 12.3 Å². The average molecular weight is 394 g/mol. The summed E-state index contributed by atoms with van der Waals surface area (Å²) in [5, 5.41) is 9.92. The second-order valence-electron chi connectivity index (χ2n) is 6.92. The van der Waals surface area contributed by atoms with Crippen LogP contribution < -0.4 is 11.5 Å². The van der Waals surface area contributed by atoms with E-state index in [-0.39, 0.29) is 5.63 Å². The lowest BCUT2D eigenvalue weighted by Crippen LogP contribution is -2.11. The third-order valence-electron chi connectivity index (χ3n) is 5.16. The normalized spacial score (nSPS) is 13.3. The predicted octanol–water partition coefficient (Wildman–Crippen LogP) is 3.45. The fourth-order valence-corrected chi connectivity index (χ4v) is 4.58. The van der Waals surface area contributed by atoms with Crippen LogP contribution in [0.25, 0.3) is 22.4 Å². The minimum Gasteiger partial charge on any atom is -0.469 e. The summed E-state index contributed by atoms with van der Waals surface area (Å²) in [5.74, 6) is 8.01. The number of aryl methyl sites for hydroxylation is 3.